The lowest BCUT2D eigenvalue weighted by Crippen LogP contribution is -2.40. The van der Waals surface area contributed by atoms with Gasteiger partial charge in [-0.3, -0.25) is 4.79 Å². The molecular weight excluding hydrogens is 206 g/mol. The standard InChI is InChI=1S/C11H13N3O2/c1-13-7-6-10(15)14(11(12)16)9-5-3-2-4-8(9)13/h2-5H,6-7H2,1H3,(H2,12,16). The Bertz CT molecular complexity index is 445. The van der Waals surface area contributed by atoms with E-state index in [4.69, 9.17) is 5.73 Å². The fraction of sp³-hybridized carbons (Fsp3) is 0.273. The van der Waals surface area contributed by atoms with Crippen LogP contribution in [0.3, 0.4) is 0 Å². The fourth-order valence-electron chi connectivity index (χ4n) is 1.85. The predicted octanol–water partition coefficient (Wildman–Crippen LogP) is 0.938. The van der Waals surface area contributed by atoms with Crippen LogP contribution in [0.2, 0.25) is 0 Å². The molecule has 1 aromatic rings. The van der Waals surface area contributed by atoms with Crippen LogP contribution >= 0.6 is 0 Å². The number of amides is 3. The van der Waals surface area contributed by atoms with Crippen LogP contribution < -0.4 is 15.5 Å². The quantitative estimate of drug-likeness (QED) is 0.706. The van der Waals surface area contributed by atoms with Crippen molar-refractivity contribution in [2.24, 2.45) is 5.73 Å². The molecule has 16 heavy (non-hydrogen) atoms. The molecule has 0 fully saturated rings. The van der Waals surface area contributed by atoms with Crippen molar-refractivity contribution in [3.05, 3.63) is 24.3 Å². The summed E-state index contributed by atoms with van der Waals surface area (Å²) in [7, 11) is 1.89. The number of imide groups is 1. The smallest absolute Gasteiger partial charge is 0.326 e. The first kappa shape index (κ1) is 10.5. The lowest BCUT2D eigenvalue weighted by molar-refractivity contribution is -0.117. The Kier molecular flexibility index (Phi) is 2.52. The summed E-state index contributed by atoms with van der Waals surface area (Å²) in [6, 6.07) is 6.50. The molecule has 0 spiro atoms. The Balaban J connectivity index is 2.57. The van der Waals surface area contributed by atoms with Gasteiger partial charge in [-0.25, -0.2) is 9.69 Å². The summed E-state index contributed by atoms with van der Waals surface area (Å²) in [6.45, 7) is 0.583. The molecule has 3 amide bonds. The van der Waals surface area contributed by atoms with Gasteiger partial charge >= 0.3 is 6.03 Å². The van der Waals surface area contributed by atoms with Gasteiger partial charge in [0.2, 0.25) is 5.91 Å². The zero-order chi connectivity index (χ0) is 11.7. The number of fused-ring (bicyclic) bond motifs is 1. The highest BCUT2D eigenvalue weighted by Gasteiger charge is 2.27. The summed E-state index contributed by atoms with van der Waals surface area (Å²) in [6.07, 6.45) is 0.286. The molecule has 0 bridgehead atoms. The van der Waals surface area contributed by atoms with Gasteiger partial charge < -0.3 is 10.6 Å². The summed E-state index contributed by atoms with van der Waals surface area (Å²) in [5.74, 6) is -0.260. The van der Waals surface area contributed by atoms with E-state index in [0.29, 0.717) is 12.2 Å². The van der Waals surface area contributed by atoms with Crippen LogP contribution in [0.1, 0.15) is 6.42 Å². The van der Waals surface area contributed by atoms with Crippen LogP contribution in [0.4, 0.5) is 16.2 Å². The van der Waals surface area contributed by atoms with Crippen molar-refractivity contribution in [2.45, 2.75) is 6.42 Å². The van der Waals surface area contributed by atoms with Crippen molar-refractivity contribution in [2.75, 3.05) is 23.4 Å². The molecular formula is C11H13N3O2. The Morgan fingerprint density at radius 1 is 1.31 bits per heavy atom. The Morgan fingerprint density at radius 3 is 2.56 bits per heavy atom. The lowest BCUT2D eigenvalue weighted by atomic mass is 10.2. The molecule has 0 atom stereocenters. The molecule has 0 saturated carbocycles. The summed E-state index contributed by atoms with van der Waals surface area (Å²) in [4.78, 5) is 26.0. The number of benzene rings is 1. The molecule has 2 rings (SSSR count). The van der Waals surface area contributed by atoms with Crippen molar-refractivity contribution < 1.29 is 9.59 Å². The SMILES string of the molecule is CN1CCC(=O)N(C(N)=O)c2ccccc21. The van der Waals surface area contributed by atoms with Crippen LogP contribution in [-0.2, 0) is 4.79 Å². The summed E-state index contributed by atoms with van der Waals surface area (Å²) >= 11 is 0. The van der Waals surface area contributed by atoms with Crippen molar-refractivity contribution in [3.8, 4) is 0 Å². The zero-order valence-corrected chi connectivity index (χ0v) is 9.01. The van der Waals surface area contributed by atoms with E-state index in [9.17, 15) is 9.59 Å². The van der Waals surface area contributed by atoms with Gasteiger partial charge in [-0.2, -0.15) is 0 Å². The van der Waals surface area contributed by atoms with Gasteiger partial charge in [0.25, 0.3) is 0 Å². The molecule has 1 aliphatic rings. The molecule has 84 valence electrons. The number of para-hydroxylation sites is 2. The van der Waals surface area contributed by atoms with Crippen molar-refractivity contribution in [1.29, 1.82) is 0 Å². The Hall–Kier alpha value is -2.04. The van der Waals surface area contributed by atoms with E-state index in [-0.39, 0.29) is 12.3 Å². The number of carbonyl (C=O) groups is 2. The van der Waals surface area contributed by atoms with Crippen LogP contribution in [0.5, 0.6) is 0 Å². The maximum atomic E-state index is 11.8. The van der Waals surface area contributed by atoms with Gasteiger partial charge in [0, 0.05) is 20.0 Å². The molecule has 0 aromatic heterocycles. The maximum Gasteiger partial charge on any atom is 0.326 e. The third-order valence-corrected chi connectivity index (χ3v) is 2.66. The molecule has 1 aromatic carbocycles. The molecule has 5 heteroatoms. The van der Waals surface area contributed by atoms with Crippen molar-refractivity contribution >= 4 is 23.3 Å². The first-order valence-corrected chi connectivity index (χ1v) is 5.04. The predicted molar refractivity (Wildman–Crippen MR) is 61.4 cm³/mol. The number of primary amides is 1. The number of nitrogens with zero attached hydrogens (tertiary/aromatic N) is 2. The number of hydrogen-bond donors (Lipinski definition) is 1. The van der Waals surface area contributed by atoms with Crippen LogP contribution in [0.25, 0.3) is 0 Å². The molecule has 1 heterocycles. The number of carbonyl (C=O) groups excluding carboxylic acids is 2. The Labute approximate surface area is 93.4 Å². The highest BCUT2D eigenvalue weighted by atomic mass is 16.2. The average molecular weight is 219 g/mol. The largest absolute Gasteiger partial charge is 0.372 e. The van der Waals surface area contributed by atoms with E-state index in [1.807, 2.05) is 24.1 Å². The minimum Gasteiger partial charge on any atom is -0.372 e. The van der Waals surface area contributed by atoms with E-state index in [2.05, 4.69) is 0 Å². The fourth-order valence-corrected chi connectivity index (χ4v) is 1.85. The maximum absolute atomic E-state index is 11.8. The third kappa shape index (κ3) is 1.60. The molecule has 0 aliphatic carbocycles. The van der Waals surface area contributed by atoms with Crippen molar-refractivity contribution in [1.82, 2.24) is 0 Å². The number of rotatable bonds is 0. The average Bonchev–Trinajstić information content (AvgIpc) is 2.37. The molecule has 5 nitrogen and oxygen atoms in total. The second-order valence-electron chi connectivity index (χ2n) is 3.73. The topological polar surface area (TPSA) is 66.6 Å². The van der Waals surface area contributed by atoms with Gasteiger partial charge in [-0.05, 0) is 12.1 Å². The van der Waals surface area contributed by atoms with Gasteiger partial charge in [0.1, 0.15) is 0 Å². The van der Waals surface area contributed by atoms with Crippen LogP contribution in [-0.4, -0.2) is 25.5 Å². The second kappa shape index (κ2) is 3.84. The molecule has 2 N–H and O–H groups in total. The molecule has 0 radical (unpaired) electrons. The highest BCUT2D eigenvalue weighted by molar-refractivity contribution is 6.16. The van der Waals surface area contributed by atoms with Crippen LogP contribution in [0.15, 0.2) is 24.3 Å². The molecule has 0 saturated heterocycles. The van der Waals surface area contributed by atoms with E-state index in [0.717, 1.165) is 10.6 Å². The summed E-state index contributed by atoms with van der Waals surface area (Å²) in [5, 5.41) is 0. The van der Waals surface area contributed by atoms with E-state index >= 15 is 0 Å². The zero-order valence-electron chi connectivity index (χ0n) is 9.01. The number of urea groups is 1. The third-order valence-electron chi connectivity index (χ3n) is 2.66. The lowest BCUT2D eigenvalue weighted by Gasteiger charge is -2.21. The van der Waals surface area contributed by atoms with Crippen molar-refractivity contribution in [3.63, 3.8) is 0 Å². The number of anilines is 2. The Morgan fingerprint density at radius 2 is 1.94 bits per heavy atom. The van der Waals surface area contributed by atoms with E-state index in [1.54, 1.807) is 12.1 Å². The van der Waals surface area contributed by atoms with E-state index < -0.39 is 6.03 Å². The van der Waals surface area contributed by atoms with Gasteiger partial charge in [0.05, 0.1) is 11.4 Å². The normalized spacial score (nSPS) is 15.7. The first-order chi connectivity index (χ1) is 7.61. The summed E-state index contributed by atoms with van der Waals surface area (Å²) < 4.78 is 0. The monoisotopic (exact) mass is 219 g/mol. The van der Waals surface area contributed by atoms with Gasteiger partial charge in [-0.15, -0.1) is 0 Å². The summed E-state index contributed by atoms with van der Waals surface area (Å²) in [5.41, 5.74) is 6.63. The second-order valence-corrected chi connectivity index (χ2v) is 3.73. The first-order valence-electron chi connectivity index (χ1n) is 5.04. The highest BCUT2D eigenvalue weighted by Crippen LogP contribution is 2.31. The molecule has 0 unspecified atom stereocenters. The van der Waals surface area contributed by atoms with Crippen LogP contribution in [0, 0.1) is 0 Å². The van der Waals surface area contributed by atoms with Gasteiger partial charge in [-0.1, -0.05) is 12.1 Å². The minimum atomic E-state index is -0.729. The number of nitrogens with two attached hydrogens (primary N) is 1. The van der Waals surface area contributed by atoms with Gasteiger partial charge in [0.15, 0.2) is 0 Å². The minimum absolute atomic E-state index is 0.260. The van der Waals surface area contributed by atoms with E-state index in [1.165, 1.54) is 0 Å². The molecule has 1 aliphatic heterocycles. The number of hydrogen-bond acceptors (Lipinski definition) is 3.